The number of ether oxygens (including phenoxy) is 5. The van der Waals surface area contributed by atoms with Gasteiger partial charge in [-0.3, -0.25) is 19.5 Å². The Labute approximate surface area is 281 Å². The number of methoxy groups -OCH3 is 2. The zero-order valence-corrected chi connectivity index (χ0v) is 28.3. The first-order chi connectivity index (χ1) is 22.7. The van der Waals surface area contributed by atoms with Crippen molar-refractivity contribution in [1.29, 1.82) is 0 Å². The Balaban J connectivity index is 1.53. The summed E-state index contributed by atoms with van der Waals surface area (Å²) in [7, 11) is 2.78. The molecule has 0 fully saturated rings. The lowest BCUT2D eigenvalue weighted by Gasteiger charge is -2.23. The van der Waals surface area contributed by atoms with E-state index in [9.17, 15) is 19.7 Å². The van der Waals surface area contributed by atoms with Gasteiger partial charge in [-0.15, -0.1) is 0 Å². The fourth-order valence-electron chi connectivity index (χ4n) is 4.94. The van der Waals surface area contributed by atoms with E-state index in [4.69, 9.17) is 23.7 Å². The number of hydrogen-bond donors (Lipinski definition) is 0. The summed E-state index contributed by atoms with van der Waals surface area (Å²) in [6, 6.07) is 14.0. The maximum Gasteiger partial charge on any atom is 0.337 e. The van der Waals surface area contributed by atoms with E-state index < -0.39 is 16.9 Å². The predicted molar refractivity (Wildman–Crippen MR) is 178 cm³/mol. The molecule has 244 valence electrons. The van der Waals surface area contributed by atoms with Crippen molar-refractivity contribution in [1.82, 2.24) is 4.57 Å². The van der Waals surface area contributed by atoms with Crippen molar-refractivity contribution in [2.75, 3.05) is 27.4 Å². The number of fused-ring (bicyclic) bond motifs is 1. The van der Waals surface area contributed by atoms with Crippen LogP contribution < -0.4 is 33.8 Å². The normalized spacial score (nSPS) is 14.0. The van der Waals surface area contributed by atoms with Gasteiger partial charge in [0.25, 0.3) is 11.2 Å². The van der Waals surface area contributed by atoms with Crippen LogP contribution in [0.1, 0.15) is 36.6 Å². The predicted octanol–water partition coefficient (Wildman–Crippen LogP) is 5.07. The lowest BCUT2D eigenvalue weighted by molar-refractivity contribution is -0.384. The van der Waals surface area contributed by atoms with Crippen LogP contribution in [0.2, 0.25) is 0 Å². The topological polar surface area (TPSA) is 141 Å². The molecule has 2 heterocycles. The van der Waals surface area contributed by atoms with Crippen LogP contribution in [0.5, 0.6) is 23.0 Å². The van der Waals surface area contributed by atoms with Crippen molar-refractivity contribution in [3.05, 3.63) is 117 Å². The summed E-state index contributed by atoms with van der Waals surface area (Å²) in [6.07, 6.45) is 3.14. The van der Waals surface area contributed by atoms with Gasteiger partial charge < -0.3 is 23.7 Å². The minimum absolute atomic E-state index is 0.00807. The molecule has 1 atom stereocenters. The molecule has 0 radical (unpaired) electrons. The molecular weight excluding hydrogens is 694 g/mol. The molecule has 0 bridgehead atoms. The number of carbonyl (C=O) groups is 1. The molecule has 47 heavy (non-hydrogen) atoms. The standard InChI is InChI=1S/C33H30BrN3O9S/c1-5-44-25-12-9-20(13-27(25)45-6-2)30-23(32(39)43-4)17-35-33-36(30)31(38)29(47-33)15-21-14-26(42-3)28(16-24(21)34)46-18-19-7-10-22(11-8-19)37(40)41/h7-17,30H,5-6,18H2,1-4H3/b29-15-/t30-/m0/s1. The average molecular weight is 725 g/mol. The zero-order chi connectivity index (χ0) is 33.7. The molecule has 5 rings (SSSR count). The molecule has 14 heteroatoms. The number of non-ortho nitro benzene ring substituents is 1. The van der Waals surface area contributed by atoms with Gasteiger partial charge in [-0.2, -0.15) is 0 Å². The summed E-state index contributed by atoms with van der Waals surface area (Å²) in [5.74, 6) is 1.27. The van der Waals surface area contributed by atoms with Crippen LogP contribution in [-0.4, -0.2) is 42.9 Å². The summed E-state index contributed by atoms with van der Waals surface area (Å²) in [5.41, 5.74) is 1.82. The summed E-state index contributed by atoms with van der Waals surface area (Å²) in [5, 5.41) is 10.9. The number of aromatic nitrogens is 1. The first-order valence-corrected chi connectivity index (χ1v) is 16.0. The summed E-state index contributed by atoms with van der Waals surface area (Å²) in [6.45, 7) is 4.71. The zero-order valence-electron chi connectivity index (χ0n) is 25.9. The second-order valence-corrected chi connectivity index (χ2v) is 11.8. The number of rotatable bonds is 12. The third-order valence-corrected chi connectivity index (χ3v) is 8.80. The number of nitrogens with zero attached hydrogens (tertiary/aromatic N) is 3. The highest BCUT2D eigenvalue weighted by Gasteiger charge is 2.31. The van der Waals surface area contributed by atoms with Gasteiger partial charge in [-0.25, -0.2) is 9.79 Å². The van der Waals surface area contributed by atoms with Crippen LogP contribution in [0.4, 0.5) is 5.69 Å². The van der Waals surface area contributed by atoms with Gasteiger partial charge in [0.2, 0.25) is 0 Å². The quantitative estimate of drug-likeness (QED) is 0.111. The molecule has 0 saturated heterocycles. The number of nitro benzene ring substituents is 1. The van der Waals surface area contributed by atoms with Crippen LogP contribution in [0.25, 0.3) is 6.08 Å². The third kappa shape index (κ3) is 7.08. The molecule has 0 N–H and O–H groups in total. The van der Waals surface area contributed by atoms with Crippen molar-refractivity contribution in [2.24, 2.45) is 4.99 Å². The molecule has 0 spiro atoms. The molecule has 0 aliphatic carbocycles. The molecule has 4 aromatic rings. The molecule has 1 aliphatic heterocycles. The number of carbonyl (C=O) groups excluding carboxylic acids is 1. The van der Waals surface area contributed by atoms with Gasteiger partial charge in [0.05, 0.1) is 48.5 Å². The van der Waals surface area contributed by atoms with Crippen LogP contribution in [-0.2, 0) is 16.1 Å². The van der Waals surface area contributed by atoms with Crippen LogP contribution in [0.15, 0.2) is 80.6 Å². The number of thiazole rings is 1. The Morgan fingerprint density at radius 3 is 2.36 bits per heavy atom. The average Bonchev–Trinajstić information content (AvgIpc) is 3.39. The minimum Gasteiger partial charge on any atom is -0.493 e. The molecule has 12 nitrogen and oxygen atoms in total. The van der Waals surface area contributed by atoms with Crippen molar-refractivity contribution in [2.45, 2.75) is 26.5 Å². The highest BCUT2D eigenvalue weighted by Crippen LogP contribution is 2.36. The number of nitro groups is 1. The van der Waals surface area contributed by atoms with Crippen LogP contribution in [0, 0.1) is 10.1 Å². The monoisotopic (exact) mass is 723 g/mol. The lowest BCUT2D eigenvalue weighted by Crippen LogP contribution is -2.39. The fraction of sp³-hybridized carbons (Fsp3) is 0.242. The van der Waals surface area contributed by atoms with Crippen LogP contribution >= 0.6 is 27.3 Å². The summed E-state index contributed by atoms with van der Waals surface area (Å²) < 4.78 is 30.6. The maximum absolute atomic E-state index is 14.0. The molecule has 3 aromatic carbocycles. The van der Waals surface area contributed by atoms with Crippen molar-refractivity contribution >= 4 is 45.0 Å². The van der Waals surface area contributed by atoms with E-state index in [-0.39, 0.29) is 23.4 Å². The third-order valence-electron chi connectivity index (χ3n) is 7.12. The highest BCUT2D eigenvalue weighted by molar-refractivity contribution is 9.10. The van der Waals surface area contributed by atoms with Gasteiger partial charge in [0, 0.05) is 22.8 Å². The molecule has 0 unspecified atom stereocenters. The van der Waals surface area contributed by atoms with Crippen molar-refractivity contribution < 1.29 is 33.4 Å². The van der Waals surface area contributed by atoms with Gasteiger partial charge in [0.1, 0.15) is 6.61 Å². The number of esters is 1. The van der Waals surface area contributed by atoms with Crippen LogP contribution in [0.3, 0.4) is 0 Å². The fourth-order valence-corrected chi connectivity index (χ4v) is 6.33. The second-order valence-electron chi connectivity index (χ2n) is 9.99. The van der Waals surface area contributed by atoms with Gasteiger partial charge in [0.15, 0.2) is 27.8 Å². The van der Waals surface area contributed by atoms with Gasteiger partial charge in [-0.05, 0) is 73.0 Å². The molecule has 0 amide bonds. The molecule has 1 aromatic heterocycles. The van der Waals surface area contributed by atoms with E-state index in [0.717, 1.165) is 5.56 Å². The maximum atomic E-state index is 14.0. The van der Waals surface area contributed by atoms with Crippen molar-refractivity contribution in [3.63, 3.8) is 0 Å². The van der Waals surface area contributed by atoms with E-state index in [1.54, 1.807) is 48.5 Å². The Morgan fingerprint density at radius 1 is 1.00 bits per heavy atom. The summed E-state index contributed by atoms with van der Waals surface area (Å²) in [4.78, 5) is 42.2. The Bertz CT molecular complexity index is 2040. The van der Waals surface area contributed by atoms with E-state index in [0.29, 0.717) is 61.1 Å². The van der Waals surface area contributed by atoms with Gasteiger partial charge in [-0.1, -0.05) is 33.3 Å². The largest absolute Gasteiger partial charge is 0.493 e. The SMILES string of the molecule is CCOc1ccc([C@H]2C(C(=O)OC)=CN=c3s/c(=C\c4cc(OC)c(OCc5ccc([N+](=O)[O-])cc5)cc4Br)c(=O)n32)cc1OCC. The highest BCUT2D eigenvalue weighted by atomic mass is 79.9. The van der Waals surface area contributed by atoms with E-state index in [1.807, 2.05) is 13.8 Å². The summed E-state index contributed by atoms with van der Waals surface area (Å²) >= 11 is 4.75. The number of halogens is 1. The van der Waals surface area contributed by atoms with Gasteiger partial charge >= 0.3 is 5.97 Å². The molecule has 0 saturated carbocycles. The van der Waals surface area contributed by atoms with E-state index in [2.05, 4.69) is 20.9 Å². The lowest BCUT2D eigenvalue weighted by atomic mass is 9.97. The smallest absolute Gasteiger partial charge is 0.337 e. The van der Waals surface area contributed by atoms with E-state index in [1.165, 1.54) is 48.5 Å². The Morgan fingerprint density at radius 2 is 1.70 bits per heavy atom. The van der Waals surface area contributed by atoms with Crippen molar-refractivity contribution in [3.8, 4) is 23.0 Å². The Kier molecular flexibility index (Phi) is 10.4. The first-order valence-electron chi connectivity index (χ1n) is 14.4. The number of benzene rings is 3. The Hall–Kier alpha value is -4.95. The second kappa shape index (κ2) is 14.6. The molecule has 1 aliphatic rings. The minimum atomic E-state index is -0.830. The number of hydrogen-bond acceptors (Lipinski definition) is 11. The van der Waals surface area contributed by atoms with E-state index >= 15 is 0 Å². The molecular formula is C33H30BrN3O9S. The first kappa shape index (κ1) is 33.4.